The molecule has 2 aromatic heterocycles. The molecule has 0 fully saturated rings. The van der Waals surface area contributed by atoms with Crippen LogP contribution in [0.4, 0.5) is 5.13 Å². The maximum absolute atomic E-state index is 13.3. The SMILES string of the molecule is CCc1ccc(CC(=O)N(Cc2cccnc2)c2nc3ccc(OC)cc3s2)cc1. The molecule has 30 heavy (non-hydrogen) atoms. The molecule has 0 saturated heterocycles. The van der Waals surface area contributed by atoms with E-state index in [0.717, 1.165) is 33.5 Å². The number of pyridine rings is 1. The molecule has 4 rings (SSSR count). The highest BCUT2D eigenvalue weighted by molar-refractivity contribution is 7.22. The van der Waals surface area contributed by atoms with Gasteiger partial charge in [0, 0.05) is 12.4 Å². The highest BCUT2D eigenvalue weighted by Gasteiger charge is 2.21. The van der Waals surface area contributed by atoms with Crippen molar-refractivity contribution in [3.8, 4) is 5.75 Å². The lowest BCUT2D eigenvalue weighted by Gasteiger charge is -2.20. The average molecular weight is 418 g/mol. The van der Waals surface area contributed by atoms with Crippen molar-refractivity contribution in [2.24, 2.45) is 0 Å². The summed E-state index contributed by atoms with van der Waals surface area (Å²) in [5.74, 6) is 0.785. The number of anilines is 1. The molecular formula is C24H23N3O2S. The molecular weight excluding hydrogens is 394 g/mol. The van der Waals surface area contributed by atoms with Crippen LogP contribution in [0.2, 0.25) is 0 Å². The third-order valence-corrected chi connectivity index (χ3v) is 6.01. The summed E-state index contributed by atoms with van der Waals surface area (Å²) < 4.78 is 6.31. The fourth-order valence-electron chi connectivity index (χ4n) is 3.23. The molecule has 0 N–H and O–H groups in total. The number of carbonyl (C=O) groups is 1. The Morgan fingerprint density at radius 1 is 1.07 bits per heavy atom. The molecule has 0 atom stereocenters. The normalized spacial score (nSPS) is 10.9. The second-order valence-electron chi connectivity index (χ2n) is 7.02. The Morgan fingerprint density at radius 3 is 2.57 bits per heavy atom. The van der Waals surface area contributed by atoms with Crippen molar-refractivity contribution in [3.63, 3.8) is 0 Å². The number of benzene rings is 2. The lowest BCUT2D eigenvalue weighted by Crippen LogP contribution is -2.31. The molecule has 152 valence electrons. The molecule has 0 unspecified atom stereocenters. The van der Waals surface area contributed by atoms with Gasteiger partial charge in [-0.3, -0.25) is 14.7 Å². The summed E-state index contributed by atoms with van der Waals surface area (Å²) in [6.45, 7) is 2.55. The predicted molar refractivity (Wildman–Crippen MR) is 121 cm³/mol. The summed E-state index contributed by atoms with van der Waals surface area (Å²) in [5.41, 5.74) is 4.07. The lowest BCUT2D eigenvalue weighted by molar-refractivity contribution is -0.118. The maximum atomic E-state index is 13.3. The molecule has 2 heterocycles. The number of aryl methyl sites for hydroxylation is 1. The minimum absolute atomic E-state index is 0.00845. The number of hydrogen-bond donors (Lipinski definition) is 0. The highest BCUT2D eigenvalue weighted by Crippen LogP contribution is 2.32. The summed E-state index contributed by atoms with van der Waals surface area (Å²) in [6, 6.07) is 17.8. The van der Waals surface area contributed by atoms with Gasteiger partial charge in [-0.25, -0.2) is 4.98 Å². The Hall–Kier alpha value is -3.25. The number of methoxy groups -OCH3 is 1. The Bertz CT molecular complexity index is 1140. The van der Waals surface area contributed by atoms with Crippen LogP contribution in [0.15, 0.2) is 67.0 Å². The number of nitrogens with zero attached hydrogens (tertiary/aromatic N) is 3. The molecule has 0 spiro atoms. The number of carbonyl (C=O) groups excluding carboxylic acids is 1. The first kappa shape index (κ1) is 20.0. The number of aromatic nitrogens is 2. The number of rotatable bonds is 7. The van der Waals surface area contributed by atoms with E-state index in [1.807, 2.05) is 42.5 Å². The maximum Gasteiger partial charge on any atom is 0.233 e. The van der Waals surface area contributed by atoms with E-state index >= 15 is 0 Å². The van der Waals surface area contributed by atoms with Crippen molar-refractivity contribution in [2.45, 2.75) is 26.3 Å². The Balaban J connectivity index is 1.65. The van der Waals surface area contributed by atoms with Gasteiger partial charge in [0.1, 0.15) is 5.75 Å². The van der Waals surface area contributed by atoms with Gasteiger partial charge < -0.3 is 4.74 Å². The molecule has 0 aliphatic heterocycles. The first-order valence-electron chi connectivity index (χ1n) is 9.88. The minimum atomic E-state index is 0.00845. The van der Waals surface area contributed by atoms with E-state index in [0.29, 0.717) is 18.1 Å². The van der Waals surface area contributed by atoms with E-state index in [4.69, 9.17) is 9.72 Å². The molecule has 6 heteroatoms. The molecule has 0 bridgehead atoms. The third-order valence-electron chi connectivity index (χ3n) is 4.97. The van der Waals surface area contributed by atoms with E-state index in [1.54, 1.807) is 24.4 Å². The van der Waals surface area contributed by atoms with Gasteiger partial charge in [0.15, 0.2) is 5.13 Å². The van der Waals surface area contributed by atoms with Crippen LogP contribution in [0.5, 0.6) is 5.75 Å². The predicted octanol–water partition coefficient (Wildman–Crippen LogP) is 5.04. The molecule has 0 aliphatic rings. The van der Waals surface area contributed by atoms with Crippen LogP contribution in [-0.2, 0) is 24.2 Å². The fourth-order valence-corrected chi connectivity index (χ4v) is 4.25. The van der Waals surface area contributed by atoms with Crippen molar-refractivity contribution in [1.82, 2.24) is 9.97 Å². The molecule has 4 aromatic rings. The van der Waals surface area contributed by atoms with Crippen LogP contribution in [0.3, 0.4) is 0 Å². The second-order valence-corrected chi connectivity index (χ2v) is 8.03. The molecule has 5 nitrogen and oxygen atoms in total. The lowest BCUT2D eigenvalue weighted by atomic mass is 10.1. The van der Waals surface area contributed by atoms with Crippen molar-refractivity contribution in [2.75, 3.05) is 12.0 Å². The quantitative estimate of drug-likeness (QED) is 0.423. The van der Waals surface area contributed by atoms with Gasteiger partial charge in [0.05, 0.1) is 30.3 Å². The zero-order valence-corrected chi connectivity index (χ0v) is 17.9. The van der Waals surface area contributed by atoms with Gasteiger partial charge in [-0.1, -0.05) is 48.6 Å². The molecule has 0 aliphatic carbocycles. The van der Waals surface area contributed by atoms with Crippen LogP contribution in [0.1, 0.15) is 23.6 Å². The summed E-state index contributed by atoms with van der Waals surface area (Å²) in [5, 5.41) is 0.678. The van der Waals surface area contributed by atoms with E-state index in [-0.39, 0.29) is 5.91 Å². The average Bonchev–Trinajstić information content (AvgIpc) is 3.21. The number of ether oxygens (including phenoxy) is 1. The Kier molecular flexibility index (Phi) is 6.05. The van der Waals surface area contributed by atoms with Crippen molar-refractivity contribution in [3.05, 3.63) is 83.7 Å². The Labute approximate surface area is 180 Å². The van der Waals surface area contributed by atoms with Crippen LogP contribution in [0.25, 0.3) is 10.2 Å². The van der Waals surface area contributed by atoms with E-state index < -0.39 is 0 Å². The number of amides is 1. The van der Waals surface area contributed by atoms with Crippen LogP contribution < -0.4 is 9.64 Å². The fraction of sp³-hybridized carbons (Fsp3) is 0.208. The van der Waals surface area contributed by atoms with E-state index in [9.17, 15) is 4.79 Å². The zero-order chi connectivity index (χ0) is 20.9. The molecule has 0 saturated carbocycles. The summed E-state index contributed by atoms with van der Waals surface area (Å²) in [7, 11) is 1.64. The van der Waals surface area contributed by atoms with Gasteiger partial charge in [-0.05, 0) is 47.4 Å². The van der Waals surface area contributed by atoms with Crippen LogP contribution in [-0.4, -0.2) is 23.0 Å². The minimum Gasteiger partial charge on any atom is -0.497 e. The summed E-state index contributed by atoms with van der Waals surface area (Å²) in [4.78, 5) is 24.0. The van der Waals surface area contributed by atoms with Crippen molar-refractivity contribution >= 4 is 32.6 Å². The Morgan fingerprint density at radius 2 is 1.87 bits per heavy atom. The van der Waals surface area contributed by atoms with Crippen molar-refractivity contribution in [1.29, 1.82) is 0 Å². The highest BCUT2D eigenvalue weighted by atomic mass is 32.1. The summed E-state index contributed by atoms with van der Waals surface area (Å²) >= 11 is 1.49. The molecule has 1 amide bonds. The standard InChI is InChI=1S/C24H23N3O2S/c1-3-17-6-8-18(9-7-17)13-23(28)27(16-19-5-4-12-25-15-19)24-26-21-11-10-20(29-2)14-22(21)30-24/h4-12,14-15H,3,13,16H2,1-2H3. The van der Waals surface area contributed by atoms with Crippen LogP contribution in [0, 0.1) is 0 Å². The number of hydrogen-bond acceptors (Lipinski definition) is 5. The largest absolute Gasteiger partial charge is 0.497 e. The zero-order valence-electron chi connectivity index (χ0n) is 17.0. The van der Waals surface area contributed by atoms with Gasteiger partial charge in [0.25, 0.3) is 0 Å². The smallest absolute Gasteiger partial charge is 0.233 e. The van der Waals surface area contributed by atoms with E-state index in [1.165, 1.54) is 16.9 Å². The van der Waals surface area contributed by atoms with Gasteiger partial charge in [-0.2, -0.15) is 0 Å². The first-order valence-corrected chi connectivity index (χ1v) is 10.7. The van der Waals surface area contributed by atoms with Gasteiger partial charge in [-0.15, -0.1) is 0 Å². The topological polar surface area (TPSA) is 55.3 Å². The second kappa shape index (κ2) is 9.05. The monoisotopic (exact) mass is 417 g/mol. The number of fused-ring (bicyclic) bond motifs is 1. The third kappa shape index (κ3) is 4.49. The molecule has 2 aromatic carbocycles. The van der Waals surface area contributed by atoms with Crippen LogP contribution >= 0.6 is 11.3 Å². The first-order chi connectivity index (χ1) is 14.7. The number of thiazole rings is 1. The van der Waals surface area contributed by atoms with Gasteiger partial charge >= 0.3 is 0 Å². The molecule has 0 radical (unpaired) electrons. The summed E-state index contributed by atoms with van der Waals surface area (Å²) in [6.07, 6.45) is 4.82. The van der Waals surface area contributed by atoms with Gasteiger partial charge in [0.2, 0.25) is 5.91 Å². The van der Waals surface area contributed by atoms with Crippen molar-refractivity contribution < 1.29 is 9.53 Å². The van der Waals surface area contributed by atoms with E-state index in [2.05, 4.69) is 24.0 Å².